The standard InChI is InChI=1S/C13H18BrN3O2/c1-2-5-16(11-7-15-8-11)9-10-3-4-12(14)13(6-10)17(18)19/h3-4,6,11,15H,2,5,7-9H2,1H3. The Labute approximate surface area is 121 Å². The van der Waals surface area contributed by atoms with E-state index in [4.69, 9.17) is 0 Å². The van der Waals surface area contributed by atoms with Gasteiger partial charge in [0.2, 0.25) is 0 Å². The summed E-state index contributed by atoms with van der Waals surface area (Å²) in [6.07, 6.45) is 1.09. The first-order valence-corrected chi connectivity index (χ1v) is 7.28. The number of nitrogens with one attached hydrogen (secondary N) is 1. The van der Waals surface area contributed by atoms with Crippen LogP contribution in [-0.4, -0.2) is 35.5 Å². The number of benzene rings is 1. The molecule has 0 aliphatic carbocycles. The van der Waals surface area contributed by atoms with E-state index in [1.807, 2.05) is 6.07 Å². The van der Waals surface area contributed by atoms with Gasteiger partial charge in [-0.1, -0.05) is 13.0 Å². The van der Waals surface area contributed by atoms with Crippen LogP contribution in [0.15, 0.2) is 22.7 Å². The molecule has 6 heteroatoms. The van der Waals surface area contributed by atoms with Crippen molar-refractivity contribution < 1.29 is 4.92 Å². The third kappa shape index (κ3) is 3.52. The molecule has 1 saturated heterocycles. The monoisotopic (exact) mass is 327 g/mol. The summed E-state index contributed by atoms with van der Waals surface area (Å²) >= 11 is 3.22. The Balaban J connectivity index is 2.12. The normalized spacial score (nSPS) is 15.5. The molecule has 104 valence electrons. The van der Waals surface area contributed by atoms with Crippen LogP contribution < -0.4 is 5.32 Å². The quantitative estimate of drug-likeness (QED) is 0.644. The minimum atomic E-state index is -0.345. The zero-order valence-corrected chi connectivity index (χ0v) is 12.5. The van der Waals surface area contributed by atoms with Gasteiger partial charge in [-0.25, -0.2) is 0 Å². The lowest BCUT2D eigenvalue weighted by atomic mass is 10.1. The van der Waals surface area contributed by atoms with Crippen LogP contribution in [0.1, 0.15) is 18.9 Å². The lowest BCUT2D eigenvalue weighted by molar-refractivity contribution is -0.385. The molecule has 5 nitrogen and oxygen atoms in total. The summed E-state index contributed by atoms with van der Waals surface area (Å²) in [5.41, 5.74) is 1.14. The van der Waals surface area contributed by atoms with Crippen molar-refractivity contribution in [2.75, 3.05) is 19.6 Å². The van der Waals surface area contributed by atoms with Gasteiger partial charge in [-0.2, -0.15) is 0 Å². The third-order valence-corrected chi connectivity index (χ3v) is 4.05. The first-order valence-electron chi connectivity index (χ1n) is 6.49. The second kappa shape index (κ2) is 6.45. The van der Waals surface area contributed by atoms with Crippen LogP contribution >= 0.6 is 15.9 Å². The first-order chi connectivity index (χ1) is 9.11. The number of nitro benzene ring substituents is 1. The fourth-order valence-electron chi connectivity index (χ4n) is 2.24. The van der Waals surface area contributed by atoms with Crippen molar-refractivity contribution in [3.63, 3.8) is 0 Å². The molecule has 0 amide bonds. The Morgan fingerprint density at radius 3 is 2.79 bits per heavy atom. The van der Waals surface area contributed by atoms with E-state index in [0.717, 1.165) is 38.2 Å². The molecule has 0 atom stereocenters. The van der Waals surface area contributed by atoms with Crippen molar-refractivity contribution in [3.8, 4) is 0 Å². The van der Waals surface area contributed by atoms with Gasteiger partial charge in [-0.05, 0) is 40.5 Å². The van der Waals surface area contributed by atoms with E-state index < -0.39 is 0 Å². The Kier molecular flexibility index (Phi) is 4.90. The van der Waals surface area contributed by atoms with Gasteiger partial charge in [0.05, 0.1) is 9.40 Å². The number of hydrogen-bond donors (Lipinski definition) is 1. The van der Waals surface area contributed by atoms with Gasteiger partial charge < -0.3 is 5.32 Å². The van der Waals surface area contributed by atoms with Crippen LogP contribution in [0.5, 0.6) is 0 Å². The summed E-state index contributed by atoms with van der Waals surface area (Å²) in [6.45, 7) is 5.98. The molecule has 1 heterocycles. The van der Waals surface area contributed by atoms with Gasteiger partial charge in [0.25, 0.3) is 5.69 Å². The highest BCUT2D eigenvalue weighted by Crippen LogP contribution is 2.26. The highest BCUT2D eigenvalue weighted by molar-refractivity contribution is 9.10. The van der Waals surface area contributed by atoms with E-state index in [-0.39, 0.29) is 10.6 Å². The lowest BCUT2D eigenvalue weighted by Gasteiger charge is -2.38. The highest BCUT2D eigenvalue weighted by atomic mass is 79.9. The van der Waals surface area contributed by atoms with Crippen LogP contribution in [0.2, 0.25) is 0 Å². The van der Waals surface area contributed by atoms with Crippen LogP contribution in [-0.2, 0) is 6.54 Å². The first kappa shape index (κ1) is 14.4. The van der Waals surface area contributed by atoms with Crippen molar-refractivity contribution in [2.45, 2.75) is 25.9 Å². The van der Waals surface area contributed by atoms with E-state index >= 15 is 0 Å². The number of rotatable bonds is 6. The molecular formula is C13H18BrN3O2. The van der Waals surface area contributed by atoms with Gasteiger partial charge >= 0.3 is 0 Å². The minimum absolute atomic E-state index is 0.140. The number of nitro groups is 1. The Bertz CT molecular complexity index is 463. The average molecular weight is 328 g/mol. The summed E-state index contributed by atoms with van der Waals surface area (Å²) in [6, 6.07) is 5.93. The van der Waals surface area contributed by atoms with Gasteiger partial charge in [0, 0.05) is 31.7 Å². The zero-order valence-electron chi connectivity index (χ0n) is 10.9. The molecule has 0 unspecified atom stereocenters. The van der Waals surface area contributed by atoms with Gasteiger partial charge in [0.1, 0.15) is 0 Å². The second-order valence-corrected chi connectivity index (χ2v) is 5.68. The molecule has 19 heavy (non-hydrogen) atoms. The summed E-state index contributed by atoms with van der Waals surface area (Å²) in [5.74, 6) is 0. The van der Waals surface area contributed by atoms with Gasteiger partial charge in [-0.3, -0.25) is 15.0 Å². The lowest BCUT2D eigenvalue weighted by Crippen LogP contribution is -2.56. The Morgan fingerprint density at radius 2 is 2.26 bits per heavy atom. The van der Waals surface area contributed by atoms with E-state index in [9.17, 15) is 10.1 Å². The fourth-order valence-corrected chi connectivity index (χ4v) is 2.63. The van der Waals surface area contributed by atoms with Gasteiger partial charge in [0.15, 0.2) is 0 Å². The average Bonchev–Trinajstić information content (AvgIpc) is 2.29. The second-order valence-electron chi connectivity index (χ2n) is 4.83. The van der Waals surface area contributed by atoms with Crippen molar-refractivity contribution in [2.24, 2.45) is 0 Å². The number of nitrogens with zero attached hydrogens (tertiary/aromatic N) is 2. The van der Waals surface area contributed by atoms with Crippen LogP contribution in [0, 0.1) is 10.1 Å². The van der Waals surface area contributed by atoms with Crippen LogP contribution in [0.3, 0.4) is 0 Å². The van der Waals surface area contributed by atoms with Crippen molar-refractivity contribution in [3.05, 3.63) is 38.3 Å². The van der Waals surface area contributed by atoms with Crippen molar-refractivity contribution in [1.29, 1.82) is 0 Å². The van der Waals surface area contributed by atoms with Crippen molar-refractivity contribution in [1.82, 2.24) is 10.2 Å². The number of halogens is 1. The van der Waals surface area contributed by atoms with E-state index in [2.05, 4.69) is 33.1 Å². The van der Waals surface area contributed by atoms with E-state index in [1.165, 1.54) is 0 Å². The predicted octanol–water partition coefficient (Wildman–Crippen LogP) is 2.54. The molecule has 0 aromatic heterocycles. The molecule has 1 aliphatic rings. The molecule has 1 N–H and O–H groups in total. The molecule has 1 aromatic carbocycles. The maximum atomic E-state index is 10.9. The zero-order chi connectivity index (χ0) is 13.8. The van der Waals surface area contributed by atoms with E-state index in [0.29, 0.717) is 10.5 Å². The van der Waals surface area contributed by atoms with Gasteiger partial charge in [-0.15, -0.1) is 0 Å². The summed E-state index contributed by atoms with van der Waals surface area (Å²) in [5, 5.41) is 14.2. The molecule has 2 rings (SSSR count). The summed E-state index contributed by atoms with van der Waals surface area (Å²) < 4.78 is 0.536. The molecule has 0 bridgehead atoms. The molecule has 0 spiro atoms. The number of hydrogen-bond acceptors (Lipinski definition) is 4. The molecule has 1 aliphatic heterocycles. The fraction of sp³-hybridized carbons (Fsp3) is 0.538. The molecular weight excluding hydrogens is 310 g/mol. The van der Waals surface area contributed by atoms with Crippen LogP contribution in [0.4, 0.5) is 5.69 Å². The summed E-state index contributed by atoms with van der Waals surface area (Å²) in [7, 11) is 0. The van der Waals surface area contributed by atoms with Crippen LogP contribution in [0.25, 0.3) is 0 Å². The predicted molar refractivity (Wildman–Crippen MR) is 78.2 cm³/mol. The molecule has 1 fully saturated rings. The summed E-state index contributed by atoms with van der Waals surface area (Å²) in [4.78, 5) is 13.0. The topological polar surface area (TPSA) is 58.4 Å². The largest absolute Gasteiger partial charge is 0.314 e. The minimum Gasteiger partial charge on any atom is -0.314 e. The molecule has 0 radical (unpaired) electrons. The third-order valence-electron chi connectivity index (χ3n) is 3.38. The Morgan fingerprint density at radius 1 is 1.53 bits per heavy atom. The maximum Gasteiger partial charge on any atom is 0.283 e. The SMILES string of the molecule is CCCN(Cc1ccc(Br)c([N+](=O)[O-])c1)C1CNC1. The molecule has 0 saturated carbocycles. The van der Waals surface area contributed by atoms with Crippen molar-refractivity contribution >= 4 is 21.6 Å². The Hall–Kier alpha value is -0.980. The highest BCUT2D eigenvalue weighted by Gasteiger charge is 2.24. The maximum absolute atomic E-state index is 10.9. The smallest absolute Gasteiger partial charge is 0.283 e. The molecule has 1 aromatic rings. The van der Waals surface area contributed by atoms with E-state index in [1.54, 1.807) is 12.1 Å².